The molecule has 3 rings (SSSR count). The smallest absolute Gasteiger partial charge is 0.243 e. The average molecular weight is 279 g/mol. The molecular formula is C17H17N3O. The Bertz CT molecular complexity index is 652. The molecule has 2 atom stereocenters. The lowest BCUT2D eigenvalue weighted by molar-refractivity contribution is -0.122. The van der Waals surface area contributed by atoms with Crippen molar-refractivity contribution in [3.63, 3.8) is 0 Å². The molecule has 2 aromatic rings. The molecule has 1 aromatic heterocycles. The Hall–Kier alpha value is -2.49. The predicted octanol–water partition coefficient (Wildman–Crippen LogP) is 2.73. The second kappa shape index (κ2) is 5.87. The summed E-state index contributed by atoms with van der Waals surface area (Å²) in [5, 5.41) is 4.17. The summed E-state index contributed by atoms with van der Waals surface area (Å²) in [7, 11) is 0. The third-order valence-electron chi connectivity index (χ3n) is 3.79. The van der Waals surface area contributed by atoms with E-state index in [1.807, 2.05) is 37.3 Å². The first-order chi connectivity index (χ1) is 10.3. The largest absolute Gasteiger partial charge is 0.273 e. The molecular weight excluding hydrogens is 262 g/mol. The summed E-state index contributed by atoms with van der Waals surface area (Å²) in [6, 6.07) is 13.9. The highest BCUT2D eigenvalue weighted by molar-refractivity contribution is 5.99. The van der Waals surface area contributed by atoms with Crippen LogP contribution >= 0.6 is 0 Å². The molecule has 2 unspecified atom stereocenters. The molecule has 4 nitrogen and oxygen atoms in total. The predicted molar refractivity (Wildman–Crippen MR) is 81.9 cm³/mol. The van der Waals surface area contributed by atoms with Crippen LogP contribution in [0.5, 0.6) is 0 Å². The number of amides is 1. The van der Waals surface area contributed by atoms with Crippen LogP contribution in [0.3, 0.4) is 0 Å². The van der Waals surface area contributed by atoms with Gasteiger partial charge in [0.15, 0.2) is 0 Å². The zero-order chi connectivity index (χ0) is 14.7. The van der Waals surface area contributed by atoms with Gasteiger partial charge in [0.1, 0.15) is 0 Å². The third-order valence-corrected chi connectivity index (χ3v) is 3.79. The average Bonchev–Trinajstić information content (AvgIpc) is 3.35. The first-order valence-corrected chi connectivity index (χ1v) is 7.05. The lowest BCUT2D eigenvalue weighted by Gasteiger charge is -2.03. The fraction of sp³-hybridized carbons (Fsp3) is 0.235. The summed E-state index contributed by atoms with van der Waals surface area (Å²) in [5.74, 6) is 0.376. The molecule has 1 fully saturated rings. The van der Waals surface area contributed by atoms with Crippen LogP contribution in [0.4, 0.5) is 0 Å². The lowest BCUT2D eigenvalue weighted by Crippen LogP contribution is -2.21. The molecule has 0 saturated heterocycles. The van der Waals surface area contributed by atoms with E-state index < -0.39 is 0 Å². The molecule has 1 aliphatic carbocycles. The van der Waals surface area contributed by atoms with Gasteiger partial charge in [0.2, 0.25) is 5.91 Å². The summed E-state index contributed by atoms with van der Waals surface area (Å²) in [4.78, 5) is 16.1. The number of hydrogen-bond acceptors (Lipinski definition) is 3. The van der Waals surface area contributed by atoms with Crippen molar-refractivity contribution in [2.45, 2.75) is 19.3 Å². The Morgan fingerprint density at radius 2 is 1.90 bits per heavy atom. The Morgan fingerprint density at radius 3 is 2.62 bits per heavy atom. The number of pyridine rings is 1. The lowest BCUT2D eigenvalue weighted by atomic mass is 10.1. The zero-order valence-corrected chi connectivity index (χ0v) is 11.9. The highest BCUT2D eigenvalue weighted by Gasteiger charge is 2.43. The number of aromatic nitrogens is 1. The van der Waals surface area contributed by atoms with Crippen LogP contribution in [0, 0.1) is 5.92 Å². The van der Waals surface area contributed by atoms with E-state index in [4.69, 9.17) is 0 Å². The van der Waals surface area contributed by atoms with Gasteiger partial charge in [-0.25, -0.2) is 5.43 Å². The van der Waals surface area contributed by atoms with Gasteiger partial charge >= 0.3 is 0 Å². The SMILES string of the molecule is C/C(=N\NC(=O)C1CC1c1ccccc1)c1ccncc1. The molecule has 0 bridgehead atoms. The molecule has 1 saturated carbocycles. The van der Waals surface area contributed by atoms with Crippen molar-refractivity contribution in [2.24, 2.45) is 11.0 Å². The van der Waals surface area contributed by atoms with Gasteiger partial charge in [0, 0.05) is 23.9 Å². The molecule has 0 radical (unpaired) electrons. The summed E-state index contributed by atoms with van der Waals surface area (Å²) >= 11 is 0. The number of carbonyl (C=O) groups is 1. The Morgan fingerprint density at radius 1 is 1.19 bits per heavy atom. The number of hydrazone groups is 1. The number of hydrogen-bond donors (Lipinski definition) is 1. The highest BCUT2D eigenvalue weighted by atomic mass is 16.2. The minimum absolute atomic E-state index is 0.00254. The molecule has 1 aromatic carbocycles. The fourth-order valence-electron chi connectivity index (χ4n) is 2.43. The van der Waals surface area contributed by atoms with Crippen molar-refractivity contribution in [2.75, 3.05) is 0 Å². The normalized spacial score (nSPS) is 20.9. The second-order valence-corrected chi connectivity index (χ2v) is 5.27. The van der Waals surface area contributed by atoms with E-state index in [1.165, 1.54) is 5.56 Å². The molecule has 0 spiro atoms. The van der Waals surface area contributed by atoms with Crippen LogP contribution in [0.2, 0.25) is 0 Å². The van der Waals surface area contributed by atoms with E-state index in [-0.39, 0.29) is 11.8 Å². The van der Waals surface area contributed by atoms with Gasteiger partial charge < -0.3 is 0 Å². The Balaban J connectivity index is 1.59. The summed E-state index contributed by atoms with van der Waals surface area (Å²) in [5.41, 5.74) is 5.64. The van der Waals surface area contributed by atoms with Crippen molar-refractivity contribution in [1.29, 1.82) is 0 Å². The Labute approximate surface area is 123 Å². The molecule has 106 valence electrons. The number of benzene rings is 1. The number of nitrogens with zero attached hydrogens (tertiary/aromatic N) is 2. The maximum atomic E-state index is 12.1. The molecule has 1 heterocycles. The van der Waals surface area contributed by atoms with Crippen LogP contribution in [0.15, 0.2) is 60.0 Å². The number of nitrogens with one attached hydrogen (secondary N) is 1. The van der Waals surface area contributed by atoms with E-state index in [0.29, 0.717) is 5.92 Å². The van der Waals surface area contributed by atoms with Crippen molar-refractivity contribution < 1.29 is 4.79 Å². The first-order valence-electron chi connectivity index (χ1n) is 7.05. The minimum atomic E-state index is -0.00254. The topological polar surface area (TPSA) is 54.4 Å². The maximum absolute atomic E-state index is 12.1. The van der Waals surface area contributed by atoms with Crippen LogP contribution in [-0.4, -0.2) is 16.6 Å². The van der Waals surface area contributed by atoms with E-state index in [0.717, 1.165) is 17.7 Å². The van der Waals surface area contributed by atoms with Crippen LogP contribution in [-0.2, 0) is 4.79 Å². The molecule has 1 N–H and O–H groups in total. The van der Waals surface area contributed by atoms with E-state index in [9.17, 15) is 4.79 Å². The van der Waals surface area contributed by atoms with E-state index >= 15 is 0 Å². The van der Waals surface area contributed by atoms with Gasteiger partial charge in [0.05, 0.1) is 5.71 Å². The van der Waals surface area contributed by atoms with Gasteiger partial charge in [-0.05, 0) is 37.0 Å². The van der Waals surface area contributed by atoms with Gasteiger partial charge in [-0.15, -0.1) is 0 Å². The molecule has 1 aliphatic rings. The standard InChI is InChI=1S/C17H17N3O/c1-12(13-7-9-18-10-8-13)19-20-17(21)16-11-15(16)14-5-3-2-4-6-14/h2-10,15-16H,11H2,1H3,(H,20,21)/b19-12+. The molecule has 21 heavy (non-hydrogen) atoms. The minimum Gasteiger partial charge on any atom is -0.273 e. The monoisotopic (exact) mass is 279 g/mol. The first kappa shape index (κ1) is 13.5. The van der Waals surface area contributed by atoms with E-state index in [1.54, 1.807) is 12.4 Å². The third kappa shape index (κ3) is 3.16. The second-order valence-electron chi connectivity index (χ2n) is 5.27. The number of rotatable bonds is 4. The van der Waals surface area contributed by atoms with Crippen molar-refractivity contribution in [3.8, 4) is 0 Å². The van der Waals surface area contributed by atoms with Crippen molar-refractivity contribution in [1.82, 2.24) is 10.4 Å². The Kier molecular flexibility index (Phi) is 3.77. The molecule has 1 amide bonds. The highest BCUT2D eigenvalue weighted by Crippen LogP contribution is 2.47. The van der Waals surface area contributed by atoms with E-state index in [2.05, 4.69) is 27.6 Å². The quantitative estimate of drug-likeness (QED) is 0.691. The molecule has 4 heteroatoms. The van der Waals surface area contributed by atoms with Gasteiger partial charge in [-0.3, -0.25) is 9.78 Å². The van der Waals surface area contributed by atoms with Crippen molar-refractivity contribution >= 4 is 11.6 Å². The van der Waals surface area contributed by atoms with Crippen LogP contribution in [0.25, 0.3) is 0 Å². The zero-order valence-electron chi connectivity index (χ0n) is 11.9. The summed E-state index contributed by atoms with van der Waals surface area (Å²) < 4.78 is 0. The summed E-state index contributed by atoms with van der Waals surface area (Å²) in [6.07, 6.45) is 4.32. The summed E-state index contributed by atoms with van der Waals surface area (Å²) in [6.45, 7) is 1.87. The fourth-order valence-corrected chi connectivity index (χ4v) is 2.43. The van der Waals surface area contributed by atoms with Gasteiger partial charge in [-0.2, -0.15) is 5.10 Å². The number of carbonyl (C=O) groups excluding carboxylic acids is 1. The molecule has 0 aliphatic heterocycles. The van der Waals surface area contributed by atoms with Crippen molar-refractivity contribution in [3.05, 3.63) is 66.0 Å². The van der Waals surface area contributed by atoms with Gasteiger partial charge in [0.25, 0.3) is 0 Å². The maximum Gasteiger partial charge on any atom is 0.243 e. The van der Waals surface area contributed by atoms with Crippen LogP contribution < -0.4 is 5.43 Å². The van der Waals surface area contributed by atoms with Gasteiger partial charge in [-0.1, -0.05) is 30.3 Å². The van der Waals surface area contributed by atoms with Crippen LogP contribution in [0.1, 0.15) is 30.4 Å².